The van der Waals surface area contributed by atoms with Gasteiger partial charge in [-0.3, -0.25) is 4.79 Å². The first-order valence-electron chi connectivity index (χ1n) is 6.48. The summed E-state index contributed by atoms with van der Waals surface area (Å²) in [5.41, 5.74) is 8.68. The van der Waals surface area contributed by atoms with E-state index in [2.05, 4.69) is 5.32 Å². The maximum Gasteiger partial charge on any atom is 0.248 e. The Labute approximate surface area is 128 Å². The fourth-order valence-corrected chi connectivity index (χ4v) is 2.27. The van der Waals surface area contributed by atoms with Gasteiger partial charge in [-0.15, -0.1) is 0 Å². The van der Waals surface area contributed by atoms with Crippen LogP contribution in [0.3, 0.4) is 0 Å². The SMILES string of the molecule is COc1ccc(C(N)=O)cc1NCc1ccc(Cl)cc1C. The number of nitrogens with one attached hydrogen (secondary N) is 1. The Morgan fingerprint density at radius 1 is 1.29 bits per heavy atom. The molecule has 2 rings (SSSR count). The van der Waals surface area contributed by atoms with Crippen LogP contribution in [0.1, 0.15) is 21.5 Å². The molecule has 0 radical (unpaired) electrons. The molecule has 4 nitrogen and oxygen atoms in total. The largest absolute Gasteiger partial charge is 0.495 e. The molecule has 0 aliphatic heterocycles. The first kappa shape index (κ1) is 15.2. The molecule has 0 spiro atoms. The van der Waals surface area contributed by atoms with E-state index in [4.69, 9.17) is 22.1 Å². The number of primary amides is 1. The summed E-state index contributed by atoms with van der Waals surface area (Å²) in [4.78, 5) is 11.3. The Morgan fingerprint density at radius 3 is 2.67 bits per heavy atom. The van der Waals surface area contributed by atoms with Crippen LogP contribution in [0.25, 0.3) is 0 Å². The van der Waals surface area contributed by atoms with Crippen LogP contribution in [0, 0.1) is 6.92 Å². The molecule has 1 amide bonds. The van der Waals surface area contributed by atoms with E-state index in [1.54, 1.807) is 25.3 Å². The molecule has 0 aliphatic carbocycles. The molecule has 0 heterocycles. The summed E-state index contributed by atoms with van der Waals surface area (Å²) in [6.45, 7) is 2.60. The topological polar surface area (TPSA) is 64.3 Å². The first-order valence-corrected chi connectivity index (χ1v) is 6.86. The van der Waals surface area contributed by atoms with E-state index in [9.17, 15) is 4.79 Å². The lowest BCUT2D eigenvalue weighted by Gasteiger charge is -2.13. The van der Waals surface area contributed by atoms with Gasteiger partial charge in [-0.1, -0.05) is 17.7 Å². The van der Waals surface area contributed by atoms with E-state index >= 15 is 0 Å². The normalized spacial score (nSPS) is 10.2. The second kappa shape index (κ2) is 6.50. The molecule has 0 aliphatic rings. The van der Waals surface area contributed by atoms with E-state index in [0.29, 0.717) is 22.9 Å². The highest BCUT2D eigenvalue weighted by Gasteiger charge is 2.08. The number of rotatable bonds is 5. The molecule has 0 bridgehead atoms. The fraction of sp³-hybridized carbons (Fsp3) is 0.188. The van der Waals surface area contributed by atoms with Crippen LogP contribution >= 0.6 is 11.6 Å². The zero-order valence-corrected chi connectivity index (χ0v) is 12.7. The van der Waals surface area contributed by atoms with Crippen molar-refractivity contribution >= 4 is 23.2 Å². The number of halogens is 1. The van der Waals surface area contributed by atoms with Crippen LogP contribution in [0.4, 0.5) is 5.69 Å². The number of carbonyl (C=O) groups excluding carboxylic acids is 1. The van der Waals surface area contributed by atoms with Gasteiger partial charge in [0, 0.05) is 17.1 Å². The van der Waals surface area contributed by atoms with E-state index in [0.717, 1.165) is 16.8 Å². The zero-order valence-electron chi connectivity index (χ0n) is 11.9. The van der Waals surface area contributed by atoms with E-state index in [1.807, 2.05) is 25.1 Å². The van der Waals surface area contributed by atoms with Crippen LogP contribution in [0.2, 0.25) is 5.02 Å². The maximum absolute atomic E-state index is 11.3. The lowest BCUT2D eigenvalue weighted by molar-refractivity contribution is 0.100. The van der Waals surface area contributed by atoms with Crippen molar-refractivity contribution in [3.05, 3.63) is 58.1 Å². The zero-order chi connectivity index (χ0) is 15.4. The number of ether oxygens (including phenoxy) is 1. The summed E-state index contributed by atoms with van der Waals surface area (Å²) in [5, 5.41) is 3.97. The first-order chi connectivity index (χ1) is 10.0. The lowest BCUT2D eigenvalue weighted by Crippen LogP contribution is -2.12. The Morgan fingerprint density at radius 2 is 2.05 bits per heavy atom. The van der Waals surface area contributed by atoms with Crippen LogP contribution in [0.15, 0.2) is 36.4 Å². The smallest absolute Gasteiger partial charge is 0.248 e. The number of hydrogen-bond acceptors (Lipinski definition) is 3. The number of methoxy groups -OCH3 is 1. The van der Waals surface area contributed by atoms with Gasteiger partial charge in [0.05, 0.1) is 12.8 Å². The summed E-state index contributed by atoms with van der Waals surface area (Å²) in [6, 6.07) is 10.8. The van der Waals surface area contributed by atoms with E-state index in [-0.39, 0.29) is 0 Å². The molecule has 21 heavy (non-hydrogen) atoms. The van der Waals surface area contributed by atoms with Crippen LogP contribution in [-0.4, -0.2) is 13.0 Å². The Hall–Kier alpha value is -2.20. The summed E-state index contributed by atoms with van der Waals surface area (Å²) < 4.78 is 5.28. The van der Waals surface area contributed by atoms with Crippen molar-refractivity contribution in [3.63, 3.8) is 0 Å². The fourth-order valence-electron chi connectivity index (χ4n) is 2.05. The number of aryl methyl sites for hydroxylation is 1. The molecule has 0 unspecified atom stereocenters. The molecule has 110 valence electrons. The average molecular weight is 305 g/mol. The second-order valence-electron chi connectivity index (χ2n) is 4.70. The standard InChI is InChI=1S/C16H17ClN2O2/c1-10-7-13(17)5-3-12(10)9-19-14-8-11(16(18)20)4-6-15(14)21-2/h3-8,19H,9H2,1-2H3,(H2,18,20). The highest BCUT2D eigenvalue weighted by molar-refractivity contribution is 6.30. The number of amides is 1. The van der Waals surface area contributed by atoms with Crippen LogP contribution in [0.5, 0.6) is 5.75 Å². The van der Waals surface area contributed by atoms with Gasteiger partial charge in [0.1, 0.15) is 5.75 Å². The molecule has 2 aromatic carbocycles. The van der Waals surface area contributed by atoms with Crippen molar-refractivity contribution in [2.24, 2.45) is 5.73 Å². The minimum Gasteiger partial charge on any atom is -0.495 e. The third kappa shape index (κ3) is 3.67. The van der Waals surface area contributed by atoms with Crippen LogP contribution in [-0.2, 0) is 6.54 Å². The highest BCUT2D eigenvalue weighted by Crippen LogP contribution is 2.26. The second-order valence-corrected chi connectivity index (χ2v) is 5.14. The molecule has 0 fully saturated rings. The maximum atomic E-state index is 11.3. The van der Waals surface area contributed by atoms with Crippen molar-refractivity contribution in [1.29, 1.82) is 0 Å². The molecule has 0 atom stereocenters. The number of hydrogen-bond donors (Lipinski definition) is 2. The van der Waals surface area contributed by atoms with Gasteiger partial charge >= 0.3 is 0 Å². The van der Waals surface area contributed by atoms with Gasteiger partial charge in [-0.2, -0.15) is 0 Å². The van der Waals surface area contributed by atoms with Crippen LogP contribution < -0.4 is 15.8 Å². The number of carbonyl (C=O) groups is 1. The van der Waals surface area contributed by atoms with Crippen molar-refractivity contribution in [2.75, 3.05) is 12.4 Å². The summed E-state index contributed by atoms with van der Waals surface area (Å²) in [6.07, 6.45) is 0. The molecule has 0 aromatic heterocycles. The van der Waals surface area contributed by atoms with Crippen molar-refractivity contribution in [2.45, 2.75) is 13.5 Å². The molecule has 3 N–H and O–H groups in total. The Kier molecular flexibility index (Phi) is 4.70. The number of nitrogens with two attached hydrogens (primary N) is 1. The minimum atomic E-state index is -0.469. The van der Waals surface area contributed by atoms with Gasteiger partial charge in [-0.25, -0.2) is 0 Å². The Balaban J connectivity index is 2.22. The molecule has 0 saturated carbocycles. The summed E-state index contributed by atoms with van der Waals surface area (Å²) in [7, 11) is 1.58. The molecular formula is C16H17ClN2O2. The van der Waals surface area contributed by atoms with E-state index < -0.39 is 5.91 Å². The van der Waals surface area contributed by atoms with E-state index in [1.165, 1.54) is 0 Å². The quantitative estimate of drug-likeness (QED) is 0.890. The molecule has 0 saturated heterocycles. The van der Waals surface area contributed by atoms with Gasteiger partial charge < -0.3 is 15.8 Å². The number of anilines is 1. The van der Waals surface area contributed by atoms with Gasteiger partial charge in [0.25, 0.3) is 0 Å². The molecular weight excluding hydrogens is 288 g/mol. The predicted octanol–water partition coefficient (Wildman–Crippen LogP) is 3.37. The van der Waals surface area contributed by atoms with Gasteiger partial charge in [0.2, 0.25) is 5.91 Å². The summed E-state index contributed by atoms with van der Waals surface area (Å²) >= 11 is 5.95. The van der Waals surface area contributed by atoms with Crippen molar-refractivity contribution < 1.29 is 9.53 Å². The minimum absolute atomic E-state index is 0.436. The van der Waals surface area contributed by atoms with Gasteiger partial charge in [-0.05, 0) is 48.4 Å². The van der Waals surface area contributed by atoms with Gasteiger partial charge in [0.15, 0.2) is 0 Å². The molecule has 5 heteroatoms. The Bertz CT molecular complexity index is 671. The monoisotopic (exact) mass is 304 g/mol. The average Bonchev–Trinajstić information content (AvgIpc) is 2.46. The van der Waals surface area contributed by atoms with Crippen molar-refractivity contribution in [1.82, 2.24) is 0 Å². The van der Waals surface area contributed by atoms with Crippen molar-refractivity contribution in [3.8, 4) is 5.75 Å². The predicted molar refractivity (Wildman–Crippen MR) is 85.0 cm³/mol. The highest BCUT2D eigenvalue weighted by atomic mass is 35.5. The third-order valence-electron chi connectivity index (χ3n) is 3.26. The summed E-state index contributed by atoms with van der Waals surface area (Å²) in [5.74, 6) is 0.190. The lowest BCUT2D eigenvalue weighted by atomic mass is 10.1. The third-order valence-corrected chi connectivity index (χ3v) is 3.49. The molecule has 2 aromatic rings. The number of benzene rings is 2.